The molecule has 0 aliphatic heterocycles. The number of benzene rings is 1. The summed E-state index contributed by atoms with van der Waals surface area (Å²) in [6, 6.07) is 6.86. The number of aryl methyl sites for hydroxylation is 2. The first-order valence-corrected chi connectivity index (χ1v) is 7.81. The summed E-state index contributed by atoms with van der Waals surface area (Å²) in [4.78, 5) is 16.3. The number of furan rings is 1. The lowest BCUT2D eigenvalue weighted by Crippen LogP contribution is -2.05. The Balaban J connectivity index is 1.72. The SMILES string of the molecule is COc1ccc(-c2noc(COC(=O)c3cc(C)oc3C)n2)c(OC)c1. The Morgan fingerprint density at radius 1 is 1.15 bits per heavy atom. The van der Waals surface area contributed by atoms with Gasteiger partial charge in [-0.2, -0.15) is 4.98 Å². The second kappa shape index (κ2) is 7.30. The Morgan fingerprint density at radius 3 is 2.62 bits per heavy atom. The lowest BCUT2D eigenvalue weighted by Gasteiger charge is -2.07. The summed E-state index contributed by atoms with van der Waals surface area (Å²) < 4.78 is 26.2. The molecule has 3 aromatic rings. The van der Waals surface area contributed by atoms with E-state index in [0.717, 1.165) is 0 Å². The second-order valence-electron chi connectivity index (χ2n) is 5.48. The van der Waals surface area contributed by atoms with E-state index in [1.807, 2.05) is 0 Å². The van der Waals surface area contributed by atoms with Crippen molar-refractivity contribution in [3.05, 3.63) is 47.2 Å². The zero-order valence-electron chi connectivity index (χ0n) is 14.9. The van der Waals surface area contributed by atoms with Crippen LogP contribution in [0.5, 0.6) is 11.5 Å². The maximum atomic E-state index is 12.1. The van der Waals surface area contributed by atoms with Crippen LogP contribution in [-0.4, -0.2) is 30.3 Å². The van der Waals surface area contributed by atoms with Gasteiger partial charge in [0.25, 0.3) is 5.89 Å². The van der Waals surface area contributed by atoms with Gasteiger partial charge in [-0.15, -0.1) is 0 Å². The summed E-state index contributed by atoms with van der Waals surface area (Å²) in [5, 5.41) is 3.91. The van der Waals surface area contributed by atoms with Crippen LogP contribution in [-0.2, 0) is 11.3 Å². The molecule has 0 unspecified atom stereocenters. The van der Waals surface area contributed by atoms with Crippen molar-refractivity contribution in [1.82, 2.24) is 10.1 Å². The highest BCUT2D eigenvalue weighted by Gasteiger charge is 2.18. The fraction of sp³-hybridized carbons (Fsp3) is 0.278. The standard InChI is InChI=1S/C18H18N2O6/c1-10-7-14(11(2)25-10)18(21)24-9-16-19-17(20-26-16)13-6-5-12(22-3)8-15(13)23-4/h5-8H,9H2,1-4H3. The van der Waals surface area contributed by atoms with E-state index in [1.54, 1.807) is 45.2 Å². The molecule has 136 valence electrons. The number of nitrogens with zero attached hydrogens (tertiary/aromatic N) is 2. The fourth-order valence-electron chi connectivity index (χ4n) is 2.44. The molecule has 0 bridgehead atoms. The zero-order chi connectivity index (χ0) is 18.7. The van der Waals surface area contributed by atoms with Gasteiger partial charge in [0, 0.05) is 6.07 Å². The van der Waals surface area contributed by atoms with E-state index >= 15 is 0 Å². The van der Waals surface area contributed by atoms with Gasteiger partial charge in [0.05, 0.1) is 19.8 Å². The van der Waals surface area contributed by atoms with Crippen molar-refractivity contribution in [2.75, 3.05) is 14.2 Å². The molecule has 0 aliphatic carbocycles. The minimum atomic E-state index is -0.513. The van der Waals surface area contributed by atoms with E-state index in [0.29, 0.717) is 40.0 Å². The van der Waals surface area contributed by atoms with E-state index in [1.165, 1.54) is 7.11 Å². The Bertz CT molecular complexity index is 928. The first-order valence-electron chi connectivity index (χ1n) is 7.81. The molecule has 0 atom stereocenters. The van der Waals surface area contributed by atoms with E-state index in [-0.39, 0.29) is 12.5 Å². The van der Waals surface area contributed by atoms with Crippen molar-refractivity contribution in [3.8, 4) is 22.9 Å². The van der Waals surface area contributed by atoms with Gasteiger partial charge >= 0.3 is 5.97 Å². The molecule has 0 aliphatic rings. The number of rotatable bonds is 6. The van der Waals surface area contributed by atoms with E-state index in [4.69, 9.17) is 23.2 Å². The highest BCUT2D eigenvalue weighted by Crippen LogP contribution is 2.31. The van der Waals surface area contributed by atoms with Crippen LogP contribution in [0.2, 0.25) is 0 Å². The molecule has 0 saturated carbocycles. The summed E-state index contributed by atoms with van der Waals surface area (Å²) in [5.41, 5.74) is 1.01. The molecule has 2 aromatic heterocycles. The van der Waals surface area contributed by atoms with Crippen LogP contribution < -0.4 is 9.47 Å². The first kappa shape index (κ1) is 17.5. The van der Waals surface area contributed by atoms with Crippen LogP contribution in [0, 0.1) is 13.8 Å². The predicted octanol–water partition coefficient (Wildman–Crippen LogP) is 3.32. The predicted molar refractivity (Wildman–Crippen MR) is 90.1 cm³/mol. The minimum absolute atomic E-state index is 0.145. The number of ether oxygens (including phenoxy) is 3. The van der Waals surface area contributed by atoms with E-state index < -0.39 is 5.97 Å². The summed E-state index contributed by atoms with van der Waals surface area (Å²) in [6.45, 7) is 3.31. The van der Waals surface area contributed by atoms with Crippen LogP contribution in [0.15, 0.2) is 33.2 Å². The van der Waals surface area contributed by atoms with Crippen LogP contribution in [0.1, 0.15) is 27.8 Å². The number of carbonyl (C=O) groups excluding carboxylic acids is 1. The highest BCUT2D eigenvalue weighted by molar-refractivity contribution is 5.90. The van der Waals surface area contributed by atoms with Crippen molar-refractivity contribution >= 4 is 5.97 Å². The molecule has 1 aromatic carbocycles. The molecule has 3 rings (SSSR count). The van der Waals surface area contributed by atoms with E-state index in [9.17, 15) is 4.79 Å². The third-order valence-corrected chi connectivity index (χ3v) is 3.71. The number of aromatic nitrogens is 2. The minimum Gasteiger partial charge on any atom is -0.497 e. The molecule has 0 saturated heterocycles. The van der Waals surface area contributed by atoms with Crippen molar-refractivity contribution in [3.63, 3.8) is 0 Å². The van der Waals surface area contributed by atoms with Crippen molar-refractivity contribution in [2.45, 2.75) is 20.5 Å². The average Bonchev–Trinajstić information content (AvgIpc) is 3.25. The summed E-state index contributed by atoms with van der Waals surface area (Å²) in [5.74, 6) is 2.31. The monoisotopic (exact) mass is 358 g/mol. The normalized spacial score (nSPS) is 10.6. The molecule has 26 heavy (non-hydrogen) atoms. The van der Waals surface area contributed by atoms with Gasteiger partial charge in [-0.1, -0.05) is 5.16 Å². The summed E-state index contributed by atoms with van der Waals surface area (Å²) in [6.07, 6.45) is 0. The average molecular weight is 358 g/mol. The highest BCUT2D eigenvalue weighted by atomic mass is 16.6. The Morgan fingerprint density at radius 2 is 1.96 bits per heavy atom. The van der Waals surface area contributed by atoms with Gasteiger partial charge in [-0.3, -0.25) is 0 Å². The quantitative estimate of drug-likeness (QED) is 0.619. The lowest BCUT2D eigenvalue weighted by molar-refractivity contribution is 0.0428. The molecule has 0 spiro atoms. The molecule has 8 heteroatoms. The number of esters is 1. The molecular weight excluding hydrogens is 340 g/mol. The van der Waals surface area contributed by atoms with E-state index in [2.05, 4.69) is 10.1 Å². The number of methoxy groups -OCH3 is 2. The summed E-state index contributed by atoms with van der Waals surface area (Å²) >= 11 is 0. The van der Waals surface area contributed by atoms with Gasteiger partial charge in [0.1, 0.15) is 28.6 Å². The van der Waals surface area contributed by atoms with Crippen LogP contribution in [0.25, 0.3) is 11.4 Å². The lowest BCUT2D eigenvalue weighted by atomic mass is 10.2. The van der Waals surface area contributed by atoms with Crippen molar-refractivity contribution in [1.29, 1.82) is 0 Å². The third-order valence-electron chi connectivity index (χ3n) is 3.71. The second-order valence-corrected chi connectivity index (χ2v) is 5.48. The van der Waals surface area contributed by atoms with Crippen LogP contribution >= 0.6 is 0 Å². The third kappa shape index (κ3) is 3.53. The molecule has 0 fully saturated rings. The van der Waals surface area contributed by atoms with Gasteiger partial charge < -0.3 is 23.2 Å². The van der Waals surface area contributed by atoms with Gasteiger partial charge in [0.2, 0.25) is 5.82 Å². The first-order chi connectivity index (χ1) is 12.5. The number of hydrogen-bond acceptors (Lipinski definition) is 8. The largest absolute Gasteiger partial charge is 0.497 e. The van der Waals surface area contributed by atoms with Gasteiger partial charge in [-0.05, 0) is 32.0 Å². The Labute approximate surface area is 149 Å². The van der Waals surface area contributed by atoms with Gasteiger partial charge in [0.15, 0.2) is 6.61 Å². The number of carbonyl (C=O) groups is 1. The Kier molecular flexibility index (Phi) is 4.92. The fourth-order valence-corrected chi connectivity index (χ4v) is 2.44. The van der Waals surface area contributed by atoms with Crippen molar-refractivity contribution in [2.24, 2.45) is 0 Å². The maximum absolute atomic E-state index is 12.1. The molecule has 0 N–H and O–H groups in total. The molecule has 2 heterocycles. The topological polar surface area (TPSA) is 96.8 Å². The maximum Gasteiger partial charge on any atom is 0.342 e. The molecule has 0 amide bonds. The number of hydrogen-bond donors (Lipinski definition) is 0. The Hall–Kier alpha value is -3.29. The molecule has 8 nitrogen and oxygen atoms in total. The van der Waals surface area contributed by atoms with Gasteiger partial charge in [-0.25, -0.2) is 4.79 Å². The van der Waals surface area contributed by atoms with Crippen LogP contribution in [0.4, 0.5) is 0 Å². The zero-order valence-corrected chi connectivity index (χ0v) is 14.9. The smallest absolute Gasteiger partial charge is 0.342 e. The van der Waals surface area contributed by atoms with Crippen LogP contribution in [0.3, 0.4) is 0 Å². The molecule has 0 radical (unpaired) electrons. The molecular formula is C18H18N2O6. The summed E-state index contributed by atoms with van der Waals surface area (Å²) in [7, 11) is 3.11. The van der Waals surface area contributed by atoms with Crippen molar-refractivity contribution < 1.29 is 27.9 Å².